The number of fused-ring (bicyclic) bond motifs is 3. The number of thioether (sulfide) groups is 1. The number of carbonyl (C=O) groups is 1. The first-order chi connectivity index (χ1) is 20.6. The van der Waals surface area contributed by atoms with Crippen LogP contribution in [0.5, 0.6) is 11.5 Å². The van der Waals surface area contributed by atoms with E-state index in [-0.39, 0.29) is 5.91 Å². The average molecular weight is 574 g/mol. The minimum absolute atomic E-state index is 0.0780. The number of nitriles is 1. The number of benzene rings is 3. The summed E-state index contributed by atoms with van der Waals surface area (Å²) < 4.78 is 13.1. The van der Waals surface area contributed by atoms with Gasteiger partial charge in [0.05, 0.1) is 31.0 Å². The van der Waals surface area contributed by atoms with E-state index in [1.165, 1.54) is 22.7 Å². The maximum atomic E-state index is 13.7. The number of hydrogen-bond acceptors (Lipinski definition) is 6. The fourth-order valence-electron chi connectivity index (χ4n) is 5.86. The van der Waals surface area contributed by atoms with Crippen molar-refractivity contribution in [2.24, 2.45) is 0 Å². The van der Waals surface area contributed by atoms with Gasteiger partial charge in [0.1, 0.15) is 22.6 Å². The Labute approximate surface area is 249 Å². The van der Waals surface area contributed by atoms with E-state index in [1.54, 1.807) is 14.2 Å². The van der Waals surface area contributed by atoms with Gasteiger partial charge in [-0.1, -0.05) is 48.5 Å². The summed E-state index contributed by atoms with van der Waals surface area (Å²) in [5, 5.41) is 12.2. The number of ether oxygens (including phenoxy) is 2. The van der Waals surface area contributed by atoms with E-state index in [0.29, 0.717) is 39.8 Å². The number of hydrogen-bond donors (Lipinski definition) is 0. The zero-order valence-electron chi connectivity index (χ0n) is 23.7. The molecule has 1 aliphatic carbocycles. The van der Waals surface area contributed by atoms with Gasteiger partial charge < -0.3 is 9.47 Å². The number of rotatable bonds is 8. The summed E-state index contributed by atoms with van der Waals surface area (Å²) in [6.45, 7) is 0. The van der Waals surface area contributed by atoms with E-state index in [9.17, 15) is 10.1 Å². The molecule has 2 heterocycles. The Bertz CT molecular complexity index is 1820. The summed E-state index contributed by atoms with van der Waals surface area (Å²) in [6.07, 6.45) is 4.53. The van der Waals surface area contributed by atoms with Crippen LogP contribution in [0.4, 0.5) is 0 Å². The molecule has 0 spiro atoms. The van der Waals surface area contributed by atoms with Crippen LogP contribution in [-0.4, -0.2) is 35.4 Å². The van der Waals surface area contributed by atoms with Gasteiger partial charge in [0.25, 0.3) is 0 Å². The fraction of sp³-hybridized carbons (Fsp3) is 0.229. The monoisotopic (exact) mass is 573 g/mol. The molecule has 42 heavy (non-hydrogen) atoms. The molecule has 6 nitrogen and oxygen atoms in total. The molecule has 0 bridgehead atoms. The van der Waals surface area contributed by atoms with Gasteiger partial charge in [-0.15, -0.1) is 11.8 Å². The second-order valence-corrected chi connectivity index (χ2v) is 11.3. The first-order valence-electron chi connectivity index (χ1n) is 14.1. The quantitative estimate of drug-likeness (QED) is 0.175. The van der Waals surface area contributed by atoms with Gasteiger partial charge in [-0.3, -0.25) is 9.36 Å². The van der Waals surface area contributed by atoms with Crippen LogP contribution in [0.1, 0.15) is 40.9 Å². The first kappa shape index (κ1) is 27.6. The van der Waals surface area contributed by atoms with Gasteiger partial charge in [0, 0.05) is 39.9 Å². The van der Waals surface area contributed by atoms with Crippen LogP contribution in [0, 0.1) is 11.3 Å². The van der Waals surface area contributed by atoms with Crippen molar-refractivity contribution in [2.75, 3.05) is 20.0 Å². The molecule has 0 saturated carbocycles. The summed E-state index contributed by atoms with van der Waals surface area (Å²) >= 11 is 1.44. The van der Waals surface area contributed by atoms with Crippen molar-refractivity contribution in [3.05, 3.63) is 95.7 Å². The molecule has 0 unspecified atom stereocenters. The molecule has 210 valence electrons. The molecule has 0 atom stereocenters. The van der Waals surface area contributed by atoms with Crippen LogP contribution in [0.2, 0.25) is 0 Å². The topological polar surface area (TPSA) is 77.1 Å². The molecule has 1 aliphatic rings. The fourth-order valence-corrected chi connectivity index (χ4v) is 6.79. The zero-order valence-corrected chi connectivity index (χ0v) is 24.5. The van der Waals surface area contributed by atoms with Gasteiger partial charge in [-0.25, -0.2) is 4.98 Å². The predicted molar refractivity (Wildman–Crippen MR) is 167 cm³/mol. The van der Waals surface area contributed by atoms with Gasteiger partial charge >= 0.3 is 0 Å². The number of aryl methyl sites for hydroxylation is 1. The van der Waals surface area contributed by atoms with E-state index < -0.39 is 0 Å². The maximum absolute atomic E-state index is 13.7. The van der Waals surface area contributed by atoms with Crippen molar-refractivity contribution < 1.29 is 14.3 Å². The lowest BCUT2D eigenvalue weighted by Crippen LogP contribution is -2.16. The Morgan fingerprint density at radius 1 is 0.952 bits per heavy atom. The highest BCUT2D eigenvalue weighted by Crippen LogP contribution is 2.40. The molecule has 0 fully saturated rings. The van der Waals surface area contributed by atoms with Crippen molar-refractivity contribution >= 4 is 28.6 Å². The number of para-hydroxylation sites is 1. The van der Waals surface area contributed by atoms with Gasteiger partial charge in [0.15, 0.2) is 0 Å². The van der Waals surface area contributed by atoms with Gasteiger partial charge in [0.2, 0.25) is 5.91 Å². The summed E-state index contributed by atoms with van der Waals surface area (Å²) in [4.78, 5) is 18.6. The number of nitrogens with zero attached hydrogens (tertiary/aromatic N) is 3. The predicted octanol–water partition coefficient (Wildman–Crippen LogP) is 7.96. The maximum Gasteiger partial charge on any atom is 0.232 e. The minimum atomic E-state index is 0.0780. The number of carbonyl (C=O) groups excluding carboxylic acids is 1. The third-order valence-corrected chi connectivity index (χ3v) is 8.82. The van der Waals surface area contributed by atoms with Crippen molar-refractivity contribution in [3.8, 4) is 40.0 Å². The lowest BCUT2D eigenvalue weighted by atomic mass is 9.95. The van der Waals surface area contributed by atoms with Crippen LogP contribution in [0.15, 0.2) is 83.9 Å². The highest BCUT2D eigenvalue weighted by atomic mass is 32.2. The average Bonchev–Trinajstić information content (AvgIpc) is 3.39. The summed E-state index contributed by atoms with van der Waals surface area (Å²) in [6, 6.07) is 28.0. The van der Waals surface area contributed by atoms with E-state index in [0.717, 1.165) is 53.7 Å². The largest absolute Gasteiger partial charge is 0.497 e. The van der Waals surface area contributed by atoms with Crippen LogP contribution >= 0.6 is 11.8 Å². The Balaban J connectivity index is 1.36. The standard InChI is InChI=1S/C35H31N3O3S/c1-40-24-16-17-33(41-2)28(20-24)27-21-30(23-10-4-3-5-11-23)37-35(29(27)22-36)42-19-18-34(39)38-31-14-8-6-12-25(31)26-13-7-9-15-32(26)38/h3-6,8,10-12,14,16-17,20-21H,7,9,13,15,18-19H2,1-2H3. The molecule has 0 N–H and O–H groups in total. The normalized spacial score (nSPS) is 12.5. The van der Waals surface area contributed by atoms with E-state index in [2.05, 4.69) is 12.1 Å². The van der Waals surface area contributed by atoms with Crippen LogP contribution in [-0.2, 0) is 12.8 Å². The molecule has 2 aromatic heterocycles. The molecule has 0 saturated heterocycles. The van der Waals surface area contributed by atoms with Crippen LogP contribution in [0.3, 0.4) is 0 Å². The van der Waals surface area contributed by atoms with Gasteiger partial charge in [-0.2, -0.15) is 5.26 Å². The molecule has 0 radical (unpaired) electrons. The Morgan fingerprint density at radius 3 is 2.52 bits per heavy atom. The van der Waals surface area contributed by atoms with Crippen molar-refractivity contribution in [2.45, 2.75) is 37.1 Å². The van der Waals surface area contributed by atoms with E-state index in [4.69, 9.17) is 14.5 Å². The molecular weight excluding hydrogens is 542 g/mol. The highest BCUT2D eigenvalue weighted by Gasteiger charge is 2.24. The SMILES string of the molecule is COc1ccc(OC)c(-c2cc(-c3ccccc3)nc(SCCC(=O)n3c4c(c5ccccc53)CCCC4)c2C#N)c1. The number of aromatic nitrogens is 2. The first-order valence-corrected chi connectivity index (χ1v) is 15.1. The second kappa shape index (κ2) is 12.1. The minimum Gasteiger partial charge on any atom is -0.497 e. The molecule has 5 aromatic rings. The number of methoxy groups -OCH3 is 2. The molecule has 7 heteroatoms. The van der Waals surface area contributed by atoms with Crippen LogP contribution < -0.4 is 9.47 Å². The van der Waals surface area contributed by atoms with Crippen LogP contribution in [0.25, 0.3) is 33.3 Å². The van der Waals surface area contributed by atoms with Crippen molar-refractivity contribution in [3.63, 3.8) is 0 Å². The number of pyridine rings is 1. The highest BCUT2D eigenvalue weighted by molar-refractivity contribution is 7.99. The second-order valence-electron chi connectivity index (χ2n) is 10.3. The molecule has 6 rings (SSSR count). The Kier molecular flexibility index (Phi) is 7.98. The lowest BCUT2D eigenvalue weighted by Gasteiger charge is -2.16. The zero-order chi connectivity index (χ0) is 29.1. The summed E-state index contributed by atoms with van der Waals surface area (Å²) in [7, 11) is 3.23. The Hall–Kier alpha value is -4.54. The summed E-state index contributed by atoms with van der Waals surface area (Å²) in [5.41, 5.74) is 7.06. The van der Waals surface area contributed by atoms with Crippen molar-refractivity contribution in [1.29, 1.82) is 5.26 Å². The Morgan fingerprint density at radius 2 is 1.74 bits per heavy atom. The van der Waals surface area contributed by atoms with E-state index >= 15 is 0 Å². The molecule has 3 aromatic carbocycles. The molecule has 0 aliphatic heterocycles. The molecule has 0 amide bonds. The van der Waals surface area contributed by atoms with E-state index in [1.807, 2.05) is 77.4 Å². The third-order valence-electron chi connectivity index (χ3n) is 7.85. The third kappa shape index (κ3) is 5.15. The van der Waals surface area contributed by atoms with Crippen molar-refractivity contribution in [1.82, 2.24) is 9.55 Å². The smallest absolute Gasteiger partial charge is 0.232 e. The summed E-state index contributed by atoms with van der Waals surface area (Å²) in [5.74, 6) is 1.87. The van der Waals surface area contributed by atoms with Gasteiger partial charge in [-0.05, 0) is 61.6 Å². The lowest BCUT2D eigenvalue weighted by molar-refractivity contribution is 0.0912. The molecular formula is C35H31N3O3S.